The van der Waals surface area contributed by atoms with Crippen molar-refractivity contribution in [2.75, 3.05) is 18.9 Å². The Morgan fingerprint density at radius 2 is 1.43 bits per heavy atom. The Labute approximate surface area is 139 Å². The number of benzene rings is 2. The van der Waals surface area contributed by atoms with Gasteiger partial charge in [0.05, 0.1) is 13.2 Å². The Morgan fingerprint density at radius 1 is 0.870 bits per heavy atom. The van der Waals surface area contributed by atoms with Crippen LogP contribution in [-0.4, -0.2) is 13.2 Å². The van der Waals surface area contributed by atoms with Crippen LogP contribution in [0.3, 0.4) is 0 Å². The van der Waals surface area contributed by atoms with Crippen molar-refractivity contribution in [3.63, 3.8) is 0 Å². The topological polar surface area (TPSA) is 44.5 Å². The van der Waals surface area contributed by atoms with Crippen LogP contribution in [-0.2, 0) is 5.41 Å². The Balaban J connectivity index is 1.72. The number of aryl methyl sites for hydroxylation is 1. The third kappa shape index (κ3) is 5.20. The largest absolute Gasteiger partial charge is 0.493 e. The number of anilines is 1. The maximum Gasteiger partial charge on any atom is 0.121 e. The molecule has 0 aliphatic carbocycles. The second kappa shape index (κ2) is 7.40. The van der Waals surface area contributed by atoms with Crippen LogP contribution in [0.4, 0.5) is 5.69 Å². The predicted molar refractivity (Wildman–Crippen MR) is 96.3 cm³/mol. The Morgan fingerprint density at radius 3 is 2.00 bits per heavy atom. The van der Waals surface area contributed by atoms with Crippen LogP contribution in [0.15, 0.2) is 42.5 Å². The predicted octanol–water partition coefficient (Wildman–Crippen LogP) is 4.72. The monoisotopic (exact) mass is 313 g/mol. The molecule has 0 unspecified atom stereocenters. The summed E-state index contributed by atoms with van der Waals surface area (Å²) >= 11 is 0. The molecule has 23 heavy (non-hydrogen) atoms. The average molecular weight is 313 g/mol. The third-order valence-electron chi connectivity index (χ3n) is 3.80. The molecule has 0 aromatic heterocycles. The smallest absolute Gasteiger partial charge is 0.121 e. The maximum atomic E-state index is 5.87. The van der Waals surface area contributed by atoms with Crippen LogP contribution in [0.25, 0.3) is 0 Å². The van der Waals surface area contributed by atoms with Gasteiger partial charge in [0.1, 0.15) is 11.5 Å². The van der Waals surface area contributed by atoms with E-state index in [1.54, 1.807) is 0 Å². The Hall–Kier alpha value is -2.16. The minimum Gasteiger partial charge on any atom is -0.493 e. The van der Waals surface area contributed by atoms with Gasteiger partial charge in [-0.25, -0.2) is 0 Å². The third-order valence-corrected chi connectivity index (χ3v) is 3.80. The fourth-order valence-corrected chi connectivity index (χ4v) is 2.20. The molecule has 0 spiro atoms. The van der Waals surface area contributed by atoms with Crippen LogP contribution >= 0.6 is 0 Å². The van der Waals surface area contributed by atoms with Gasteiger partial charge >= 0.3 is 0 Å². The van der Waals surface area contributed by atoms with Gasteiger partial charge < -0.3 is 15.2 Å². The van der Waals surface area contributed by atoms with Crippen molar-refractivity contribution in [3.05, 3.63) is 53.6 Å². The van der Waals surface area contributed by atoms with Gasteiger partial charge in [0.2, 0.25) is 0 Å². The maximum absolute atomic E-state index is 5.87. The molecule has 124 valence electrons. The molecule has 0 atom stereocenters. The number of rotatable bonds is 6. The fraction of sp³-hybridized carbons (Fsp3) is 0.400. The van der Waals surface area contributed by atoms with E-state index in [0.29, 0.717) is 13.2 Å². The number of hydrogen-bond donors (Lipinski definition) is 1. The van der Waals surface area contributed by atoms with Gasteiger partial charge in [-0.15, -0.1) is 0 Å². The molecular weight excluding hydrogens is 286 g/mol. The normalized spacial score (nSPS) is 11.3. The molecule has 0 aliphatic rings. The summed E-state index contributed by atoms with van der Waals surface area (Å²) in [6, 6.07) is 14.1. The van der Waals surface area contributed by atoms with E-state index in [-0.39, 0.29) is 5.41 Å². The summed E-state index contributed by atoms with van der Waals surface area (Å²) in [5, 5.41) is 0. The van der Waals surface area contributed by atoms with Gasteiger partial charge in [-0.2, -0.15) is 0 Å². The average Bonchev–Trinajstić information content (AvgIpc) is 2.50. The first-order chi connectivity index (χ1) is 10.9. The Kier molecular flexibility index (Phi) is 5.54. The standard InChI is InChI=1S/C20H27NO2/c1-15-6-9-18(14-19(15)21)23-13-5-12-22-17-10-7-16(8-11-17)20(2,3)4/h6-11,14H,5,12-13,21H2,1-4H3. The molecule has 3 nitrogen and oxygen atoms in total. The molecule has 0 bridgehead atoms. The lowest BCUT2D eigenvalue weighted by molar-refractivity contribution is 0.247. The van der Waals surface area contributed by atoms with E-state index in [2.05, 4.69) is 32.9 Å². The first-order valence-electron chi connectivity index (χ1n) is 8.08. The van der Waals surface area contributed by atoms with Gasteiger partial charge in [0.25, 0.3) is 0 Å². The summed E-state index contributed by atoms with van der Waals surface area (Å²) in [6.45, 7) is 9.85. The van der Waals surface area contributed by atoms with Crippen molar-refractivity contribution < 1.29 is 9.47 Å². The molecule has 2 rings (SSSR count). The molecule has 0 saturated heterocycles. The quantitative estimate of drug-likeness (QED) is 0.620. The number of ether oxygens (including phenoxy) is 2. The highest BCUT2D eigenvalue weighted by molar-refractivity contribution is 5.50. The molecule has 0 saturated carbocycles. The molecular formula is C20H27NO2. The van der Waals surface area contributed by atoms with E-state index >= 15 is 0 Å². The highest BCUT2D eigenvalue weighted by Gasteiger charge is 2.12. The zero-order valence-electron chi connectivity index (χ0n) is 14.6. The van der Waals surface area contributed by atoms with Crippen LogP contribution < -0.4 is 15.2 Å². The molecule has 3 heteroatoms. The lowest BCUT2D eigenvalue weighted by Crippen LogP contribution is -2.10. The van der Waals surface area contributed by atoms with Crippen molar-refractivity contribution in [1.29, 1.82) is 0 Å². The van der Waals surface area contributed by atoms with Crippen molar-refractivity contribution in [2.24, 2.45) is 0 Å². The summed E-state index contributed by atoms with van der Waals surface area (Å²) in [6.07, 6.45) is 0.828. The van der Waals surface area contributed by atoms with Crippen molar-refractivity contribution in [2.45, 2.75) is 39.5 Å². The SMILES string of the molecule is Cc1ccc(OCCCOc2ccc(C(C)(C)C)cc2)cc1N. The van der Waals surface area contributed by atoms with E-state index in [9.17, 15) is 0 Å². The minimum atomic E-state index is 0.169. The van der Waals surface area contributed by atoms with Crippen LogP contribution in [0.1, 0.15) is 38.3 Å². The Bertz CT molecular complexity index is 627. The lowest BCUT2D eigenvalue weighted by atomic mass is 9.87. The van der Waals surface area contributed by atoms with Gasteiger partial charge in [0, 0.05) is 18.2 Å². The van der Waals surface area contributed by atoms with Gasteiger partial charge in [0.15, 0.2) is 0 Å². The summed E-state index contributed by atoms with van der Waals surface area (Å²) < 4.78 is 11.4. The molecule has 0 amide bonds. The highest BCUT2D eigenvalue weighted by Crippen LogP contribution is 2.24. The molecule has 0 aliphatic heterocycles. The second-order valence-corrected chi connectivity index (χ2v) is 6.84. The molecule has 0 heterocycles. The number of hydrogen-bond acceptors (Lipinski definition) is 3. The highest BCUT2D eigenvalue weighted by atomic mass is 16.5. The van der Waals surface area contributed by atoms with Gasteiger partial charge in [-0.1, -0.05) is 39.0 Å². The van der Waals surface area contributed by atoms with Crippen LogP contribution in [0.2, 0.25) is 0 Å². The summed E-state index contributed by atoms with van der Waals surface area (Å²) in [4.78, 5) is 0. The molecule has 0 fully saturated rings. The van der Waals surface area contributed by atoms with Crippen LogP contribution in [0, 0.1) is 6.92 Å². The van der Waals surface area contributed by atoms with E-state index in [0.717, 1.165) is 29.2 Å². The molecule has 2 aromatic rings. The number of nitrogen functional groups attached to an aromatic ring is 1. The van der Waals surface area contributed by atoms with E-state index in [1.807, 2.05) is 37.3 Å². The number of nitrogens with two attached hydrogens (primary N) is 1. The van der Waals surface area contributed by atoms with Crippen molar-refractivity contribution in [3.8, 4) is 11.5 Å². The first kappa shape index (κ1) is 17.2. The summed E-state index contributed by atoms with van der Waals surface area (Å²) in [5.74, 6) is 1.71. The zero-order valence-corrected chi connectivity index (χ0v) is 14.6. The lowest BCUT2D eigenvalue weighted by Gasteiger charge is -2.19. The fourth-order valence-electron chi connectivity index (χ4n) is 2.20. The van der Waals surface area contributed by atoms with Crippen LogP contribution in [0.5, 0.6) is 11.5 Å². The second-order valence-electron chi connectivity index (χ2n) is 6.84. The molecule has 2 N–H and O–H groups in total. The zero-order chi connectivity index (χ0) is 16.9. The van der Waals surface area contributed by atoms with E-state index in [4.69, 9.17) is 15.2 Å². The summed E-state index contributed by atoms with van der Waals surface area (Å²) in [7, 11) is 0. The van der Waals surface area contributed by atoms with Crippen molar-refractivity contribution >= 4 is 5.69 Å². The minimum absolute atomic E-state index is 0.169. The van der Waals surface area contributed by atoms with Crippen molar-refractivity contribution in [1.82, 2.24) is 0 Å². The van der Waals surface area contributed by atoms with E-state index < -0.39 is 0 Å². The van der Waals surface area contributed by atoms with Gasteiger partial charge in [-0.05, 0) is 41.7 Å². The van der Waals surface area contributed by atoms with E-state index in [1.165, 1.54) is 5.56 Å². The summed E-state index contributed by atoms with van der Waals surface area (Å²) in [5.41, 5.74) is 9.17. The molecule has 2 aromatic carbocycles. The van der Waals surface area contributed by atoms with Gasteiger partial charge in [-0.3, -0.25) is 0 Å². The molecule has 0 radical (unpaired) electrons. The first-order valence-corrected chi connectivity index (χ1v) is 8.08.